The molecule has 0 aliphatic carbocycles. The summed E-state index contributed by atoms with van der Waals surface area (Å²) in [5, 5.41) is 7.65. The van der Waals surface area contributed by atoms with E-state index in [1.54, 1.807) is 6.20 Å². The lowest BCUT2D eigenvalue weighted by Crippen LogP contribution is -2.30. The van der Waals surface area contributed by atoms with Gasteiger partial charge in [0.15, 0.2) is 5.75 Å². The van der Waals surface area contributed by atoms with Gasteiger partial charge >= 0.3 is 0 Å². The van der Waals surface area contributed by atoms with Gasteiger partial charge in [-0.05, 0) is 32.2 Å². The largest absolute Gasteiger partial charge is 0.488 e. The Hall–Kier alpha value is -1.07. The first-order chi connectivity index (χ1) is 9.67. The van der Waals surface area contributed by atoms with Gasteiger partial charge in [-0.25, -0.2) is 0 Å². The Balaban J connectivity index is 1.63. The second-order valence-electron chi connectivity index (χ2n) is 5.85. The third-order valence-corrected chi connectivity index (χ3v) is 3.49. The van der Waals surface area contributed by atoms with Crippen molar-refractivity contribution in [3.8, 4) is 5.75 Å². The van der Waals surface area contributed by atoms with E-state index in [4.69, 9.17) is 9.47 Å². The van der Waals surface area contributed by atoms with E-state index in [1.165, 1.54) is 0 Å². The van der Waals surface area contributed by atoms with Crippen molar-refractivity contribution < 1.29 is 9.47 Å². The van der Waals surface area contributed by atoms with Crippen molar-refractivity contribution in [3.63, 3.8) is 0 Å². The molecule has 0 radical (unpaired) electrons. The van der Waals surface area contributed by atoms with E-state index in [2.05, 4.69) is 31.2 Å². The first kappa shape index (κ1) is 15.3. The highest BCUT2D eigenvalue weighted by Gasteiger charge is 2.25. The number of aromatic nitrogens is 2. The van der Waals surface area contributed by atoms with Crippen LogP contribution in [0, 0.1) is 5.92 Å². The summed E-state index contributed by atoms with van der Waals surface area (Å²) in [6.45, 7) is 9.99. The Morgan fingerprint density at radius 1 is 1.45 bits per heavy atom. The molecular formula is C15H27N3O2. The first-order valence-electron chi connectivity index (χ1n) is 7.68. The maximum absolute atomic E-state index is 5.98. The molecule has 0 spiro atoms. The molecule has 20 heavy (non-hydrogen) atoms. The molecular weight excluding hydrogens is 254 g/mol. The van der Waals surface area contributed by atoms with Gasteiger partial charge in [-0.3, -0.25) is 4.68 Å². The van der Waals surface area contributed by atoms with Gasteiger partial charge in [0.25, 0.3) is 0 Å². The molecule has 0 bridgehead atoms. The molecule has 1 aliphatic rings. The zero-order chi connectivity index (χ0) is 14.4. The van der Waals surface area contributed by atoms with Crippen molar-refractivity contribution in [1.29, 1.82) is 0 Å². The highest BCUT2D eigenvalue weighted by atomic mass is 16.5. The van der Waals surface area contributed by atoms with Crippen molar-refractivity contribution in [2.24, 2.45) is 5.92 Å². The summed E-state index contributed by atoms with van der Waals surface area (Å²) in [5.41, 5.74) is 0. The van der Waals surface area contributed by atoms with Crippen LogP contribution in [0.3, 0.4) is 0 Å². The number of aryl methyl sites for hydroxylation is 1. The predicted molar refractivity (Wildman–Crippen MR) is 79.0 cm³/mol. The zero-order valence-corrected chi connectivity index (χ0v) is 12.8. The molecule has 1 aromatic heterocycles. The maximum atomic E-state index is 5.98. The van der Waals surface area contributed by atoms with E-state index in [0.29, 0.717) is 18.6 Å². The monoisotopic (exact) mass is 281 g/mol. The molecule has 5 heteroatoms. The van der Waals surface area contributed by atoms with Crippen LogP contribution in [-0.2, 0) is 11.3 Å². The summed E-state index contributed by atoms with van der Waals surface area (Å²) in [4.78, 5) is 0. The topological polar surface area (TPSA) is 48.3 Å². The normalized spacial score (nSPS) is 22.6. The smallest absolute Gasteiger partial charge is 0.157 e. The standard InChI is InChI=1S/C15H27N3O2/c1-4-18-10-15(9-17-18)19-11-14-6-5-13(20-14)8-16-7-12(2)3/h9-10,12-14,16H,4-8,11H2,1-3H3. The average Bonchev–Trinajstić information content (AvgIpc) is 3.04. The Morgan fingerprint density at radius 3 is 2.95 bits per heavy atom. The molecule has 5 nitrogen and oxygen atoms in total. The summed E-state index contributed by atoms with van der Waals surface area (Å²) in [5.74, 6) is 1.52. The van der Waals surface area contributed by atoms with Gasteiger partial charge in [-0.1, -0.05) is 13.8 Å². The van der Waals surface area contributed by atoms with E-state index >= 15 is 0 Å². The minimum Gasteiger partial charge on any atom is -0.488 e. The number of nitrogens with one attached hydrogen (secondary N) is 1. The number of hydrogen-bond donors (Lipinski definition) is 1. The van der Waals surface area contributed by atoms with Crippen LogP contribution in [0.1, 0.15) is 33.6 Å². The van der Waals surface area contributed by atoms with E-state index in [-0.39, 0.29) is 6.10 Å². The Kier molecular flexibility index (Phi) is 5.86. The van der Waals surface area contributed by atoms with Gasteiger partial charge in [0.2, 0.25) is 0 Å². The fraction of sp³-hybridized carbons (Fsp3) is 0.800. The molecule has 1 N–H and O–H groups in total. The van der Waals surface area contributed by atoms with Crippen LogP contribution in [-0.4, -0.2) is 41.7 Å². The fourth-order valence-electron chi connectivity index (χ4n) is 2.37. The fourth-order valence-corrected chi connectivity index (χ4v) is 2.37. The molecule has 0 saturated carbocycles. The third kappa shape index (κ3) is 4.80. The van der Waals surface area contributed by atoms with Gasteiger partial charge in [-0.15, -0.1) is 0 Å². The van der Waals surface area contributed by atoms with E-state index in [0.717, 1.165) is 38.2 Å². The van der Waals surface area contributed by atoms with Gasteiger partial charge in [-0.2, -0.15) is 5.10 Å². The first-order valence-corrected chi connectivity index (χ1v) is 7.68. The average molecular weight is 281 g/mol. The van der Waals surface area contributed by atoms with Gasteiger partial charge < -0.3 is 14.8 Å². The van der Waals surface area contributed by atoms with Crippen molar-refractivity contribution in [2.45, 2.75) is 52.4 Å². The molecule has 2 atom stereocenters. The molecule has 1 aliphatic heterocycles. The van der Waals surface area contributed by atoms with Crippen LogP contribution in [0.4, 0.5) is 0 Å². The molecule has 2 heterocycles. The summed E-state index contributed by atoms with van der Waals surface area (Å²) < 4.78 is 13.6. The number of ether oxygens (including phenoxy) is 2. The molecule has 1 saturated heterocycles. The molecule has 1 aromatic rings. The van der Waals surface area contributed by atoms with Gasteiger partial charge in [0, 0.05) is 13.1 Å². The second kappa shape index (κ2) is 7.64. The minimum atomic E-state index is 0.214. The van der Waals surface area contributed by atoms with E-state index in [9.17, 15) is 0 Å². The lowest BCUT2D eigenvalue weighted by atomic mass is 10.2. The number of hydrogen-bond acceptors (Lipinski definition) is 4. The maximum Gasteiger partial charge on any atom is 0.157 e. The number of nitrogens with zero attached hydrogens (tertiary/aromatic N) is 2. The van der Waals surface area contributed by atoms with Crippen LogP contribution in [0.25, 0.3) is 0 Å². The molecule has 2 unspecified atom stereocenters. The molecule has 2 rings (SSSR count). The van der Waals surface area contributed by atoms with Crippen LogP contribution in [0.2, 0.25) is 0 Å². The van der Waals surface area contributed by atoms with Crippen LogP contribution in [0.5, 0.6) is 5.75 Å². The van der Waals surface area contributed by atoms with Crippen molar-refractivity contribution >= 4 is 0 Å². The van der Waals surface area contributed by atoms with Gasteiger partial charge in [0.1, 0.15) is 6.61 Å². The number of rotatable bonds is 8. The van der Waals surface area contributed by atoms with Crippen molar-refractivity contribution in [1.82, 2.24) is 15.1 Å². The Labute approximate surface area is 121 Å². The minimum absolute atomic E-state index is 0.214. The summed E-state index contributed by atoms with van der Waals surface area (Å²) in [7, 11) is 0. The van der Waals surface area contributed by atoms with Crippen LogP contribution < -0.4 is 10.1 Å². The Bertz CT molecular complexity index is 392. The summed E-state index contributed by atoms with van der Waals surface area (Å²) in [6.07, 6.45) is 6.44. The lowest BCUT2D eigenvalue weighted by molar-refractivity contribution is 0.0184. The quantitative estimate of drug-likeness (QED) is 0.792. The zero-order valence-electron chi connectivity index (χ0n) is 12.8. The predicted octanol–water partition coefficient (Wildman–Crippen LogP) is 2.07. The molecule has 114 valence electrons. The second-order valence-corrected chi connectivity index (χ2v) is 5.85. The molecule has 0 amide bonds. The van der Waals surface area contributed by atoms with E-state index < -0.39 is 0 Å². The highest BCUT2D eigenvalue weighted by Crippen LogP contribution is 2.20. The van der Waals surface area contributed by atoms with Crippen molar-refractivity contribution in [3.05, 3.63) is 12.4 Å². The van der Waals surface area contributed by atoms with Crippen molar-refractivity contribution in [2.75, 3.05) is 19.7 Å². The SMILES string of the molecule is CCn1cc(OCC2CCC(CNCC(C)C)O2)cn1. The summed E-state index contributed by atoms with van der Waals surface area (Å²) in [6, 6.07) is 0. The van der Waals surface area contributed by atoms with Crippen LogP contribution >= 0.6 is 0 Å². The summed E-state index contributed by atoms with van der Waals surface area (Å²) >= 11 is 0. The van der Waals surface area contributed by atoms with Gasteiger partial charge in [0.05, 0.1) is 24.6 Å². The molecule has 1 fully saturated rings. The Morgan fingerprint density at radius 2 is 2.25 bits per heavy atom. The highest BCUT2D eigenvalue weighted by molar-refractivity contribution is 5.11. The van der Waals surface area contributed by atoms with E-state index in [1.807, 2.05) is 10.9 Å². The third-order valence-electron chi connectivity index (χ3n) is 3.49. The lowest BCUT2D eigenvalue weighted by Gasteiger charge is -2.15. The van der Waals surface area contributed by atoms with Crippen LogP contribution in [0.15, 0.2) is 12.4 Å². The molecule has 0 aromatic carbocycles.